The molecule has 2 N–H and O–H groups in total. The molecule has 0 saturated carbocycles. The Bertz CT molecular complexity index is 802. The number of hydrazine groups is 1. The Morgan fingerprint density at radius 1 is 1.31 bits per heavy atom. The molecule has 7 nitrogen and oxygen atoms in total. The molecule has 26 heavy (non-hydrogen) atoms. The Hall–Kier alpha value is -3.01. The van der Waals surface area contributed by atoms with Gasteiger partial charge >= 0.3 is 6.36 Å². The monoisotopic (exact) mass is 388 g/mol. The van der Waals surface area contributed by atoms with Gasteiger partial charge in [0.25, 0.3) is 5.91 Å². The summed E-state index contributed by atoms with van der Waals surface area (Å²) < 4.78 is 45.7. The summed E-state index contributed by atoms with van der Waals surface area (Å²) in [4.78, 5) is 12.0. The van der Waals surface area contributed by atoms with Crippen LogP contribution in [0.25, 0.3) is 0 Å². The molecule has 2 rings (SSSR count). The smallest absolute Gasteiger partial charge is 0.486 e. The molecule has 2 aromatic rings. The summed E-state index contributed by atoms with van der Waals surface area (Å²) in [6.07, 6.45) is -3.35. The predicted molar refractivity (Wildman–Crippen MR) is 86.9 cm³/mol. The number of nitrogens with zero attached hydrogens (tertiary/aromatic N) is 2. The van der Waals surface area contributed by atoms with Gasteiger partial charge in [-0.05, 0) is 18.2 Å². The number of rotatable bonds is 7. The van der Waals surface area contributed by atoms with Gasteiger partial charge in [-0.15, -0.1) is 23.4 Å². The molecular formula is C15H12ClF3N4O3. The normalized spacial score (nSPS) is 10.8. The lowest BCUT2D eigenvalue weighted by Crippen LogP contribution is -2.30. The molecule has 0 spiro atoms. The fraction of sp³-hybridized carbons (Fsp3) is 0.133. The zero-order valence-electron chi connectivity index (χ0n) is 13.0. The van der Waals surface area contributed by atoms with Gasteiger partial charge in [-0.25, -0.2) is 0 Å². The number of amides is 1. The highest BCUT2D eigenvalue weighted by Crippen LogP contribution is 2.24. The van der Waals surface area contributed by atoms with Crippen LogP contribution < -0.4 is 20.3 Å². The van der Waals surface area contributed by atoms with Crippen LogP contribution in [0.1, 0.15) is 10.4 Å². The maximum atomic E-state index is 12.2. The third-order valence-corrected chi connectivity index (χ3v) is 2.97. The van der Waals surface area contributed by atoms with Crippen molar-refractivity contribution in [2.45, 2.75) is 6.36 Å². The lowest BCUT2D eigenvalue weighted by Gasteiger charge is -2.11. The van der Waals surface area contributed by atoms with Gasteiger partial charge in [-0.1, -0.05) is 30.3 Å². The minimum Gasteiger partial charge on any atom is -0.486 e. The molecule has 11 heteroatoms. The molecule has 0 aliphatic rings. The van der Waals surface area contributed by atoms with E-state index in [1.807, 2.05) is 0 Å². The summed E-state index contributed by atoms with van der Waals surface area (Å²) in [5.74, 6) is -0.928. The second kappa shape index (κ2) is 8.39. The van der Waals surface area contributed by atoms with E-state index in [4.69, 9.17) is 16.3 Å². The van der Waals surface area contributed by atoms with Gasteiger partial charge in [0.05, 0.1) is 0 Å². The number of nitrogens with one attached hydrogen (secondary N) is 2. The quantitative estimate of drug-likeness (QED) is 0.559. The first-order valence-electron chi connectivity index (χ1n) is 6.97. The number of anilines is 1. The van der Waals surface area contributed by atoms with Gasteiger partial charge in [0.15, 0.2) is 16.7 Å². The molecule has 0 unspecified atom stereocenters. The standard InChI is InChI=1S/C15H12ClF3N4O3/c1-2-6-25-11-8-12(20-22-13(11)16)21-23-14(24)9-4-3-5-10(7-9)26-15(17,18)19/h2-5,7-8H,1,6H2,(H,20,21)(H,23,24). The van der Waals surface area contributed by atoms with Crippen LogP contribution in [0.2, 0.25) is 5.15 Å². The predicted octanol–water partition coefficient (Wildman–Crippen LogP) is 3.35. The van der Waals surface area contributed by atoms with E-state index in [1.165, 1.54) is 24.3 Å². The molecule has 0 aliphatic carbocycles. The molecule has 0 bridgehead atoms. The molecule has 1 heterocycles. The highest BCUT2D eigenvalue weighted by atomic mass is 35.5. The highest BCUT2D eigenvalue weighted by molar-refractivity contribution is 6.30. The maximum absolute atomic E-state index is 12.2. The van der Waals surface area contributed by atoms with Crippen LogP contribution in [-0.2, 0) is 0 Å². The summed E-state index contributed by atoms with van der Waals surface area (Å²) in [6, 6.07) is 5.95. The van der Waals surface area contributed by atoms with Gasteiger partial charge in [-0.2, -0.15) is 0 Å². The van der Waals surface area contributed by atoms with Crippen molar-refractivity contribution in [2.75, 3.05) is 12.0 Å². The summed E-state index contributed by atoms with van der Waals surface area (Å²) in [6.45, 7) is 3.68. The Morgan fingerprint density at radius 2 is 2.08 bits per heavy atom. The van der Waals surface area contributed by atoms with E-state index in [0.29, 0.717) is 0 Å². The van der Waals surface area contributed by atoms with Gasteiger partial charge < -0.3 is 9.47 Å². The molecule has 0 fully saturated rings. The largest absolute Gasteiger partial charge is 0.573 e. The van der Waals surface area contributed by atoms with E-state index in [-0.39, 0.29) is 28.9 Å². The zero-order chi connectivity index (χ0) is 19.2. The number of carbonyl (C=O) groups is 1. The van der Waals surface area contributed by atoms with Crippen LogP contribution in [0, 0.1) is 0 Å². The Labute approximate surface area is 150 Å². The number of hydrogen-bond donors (Lipinski definition) is 2. The number of hydrogen-bond acceptors (Lipinski definition) is 6. The number of benzene rings is 1. The molecular weight excluding hydrogens is 377 g/mol. The van der Waals surface area contributed by atoms with Crippen LogP contribution in [-0.4, -0.2) is 29.1 Å². The van der Waals surface area contributed by atoms with Gasteiger partial charge in [0, 0.05) is 11.6 Å². The minimum absolute atomic E-state index is 0.0146. The topological polar surface area (TPSA) is 85.4 Å². The molecule has 0 saturated heterocycles. The molecule has 1 aromatic heterocycles. The molecule has 0 radical (unpaired) electrons. The van der Waals surface area contributed by atoms with E-state index >= 15 is 0 Å². The lowest BCUT2D eigenvalue weighted by molar-refractivity contribution is -0.274. The fourth-order valence-corrected chi connectivity index (χ4v) is 1.84. The van der Waals surface area contributed by atoms with Crippen molar-refractivity contribution in [1.29, 1.82) is 0 Å². The number of carbonyl (C=O) groups excluding carboxylic acids is 1. The van der Waals surface area contributed by atoms with E-state index in [0.717, 1.165) is 12.1 Å². The second-order valence-electron chi connectivity index (χ2n) is 4.64. The Morgan fingerprint density at radius 3 is 2.77 bits per heavy atom. The van der Waals surface area contributed by atoms with Gasteiger partial charge in [-0.3, -0.25) is 15.6 Å². The molecule has 0 atom stereocenters. The summed E-state index contributed by atoms with van der Waals surface area (Å²) in [5.41, 5.74) is 4.65. The van der Waals surface area contributed by atoms with Crippen molar-refractivity contribution in [3.05, 3.63) is 53.7 Å². The van der Waals surface area contributed by atoms with Crippen molar-refractivity contribution in [2.24, 2.45) is 0 Å². The minimum atomic E-state index is -4.85. The van der Waals surface area contributed by atoms with Crippen LogP contribution in [0.15, 0.2) is 43.0 Å². The fourth-order valence-electron chi connectivity index (χ4n) is 1.70. The molecule has 1 aromatic carbocycles. The van der Waals surface area contributed by atoms with Crippen molar-refractivity contribution in [3.63, 3.8) is 0 Å². The lowest BCUT2D eigenvalue weighted by atomic mass is 10.2. The Balaban J connectivity index is 2.02. The third kappa shape index (κ3) is 5.81. The average Bonchev–Trinajstić information content (AvgIpc) is 2.58. The van der Waals surface area contributed by atoms with E-state index in [1.54, 1.807) is 0 Å². The van der Waals surface area contributed by atoms with Gasteiger partial charge in [0.1, 0.15) is 12.4 Å². The molecule has 1 amide bonds. The molecule has 138 valence electrons. The van der Waals surface area contributed by atoms with Crippen LogP contribution >= 0.6 is 11.6 Å². The van der Waals surface area contributed by atoms with E-state index < -0.39 is 18.0 Å². The first-order valence-corrected chi connectivity index (χ1v) is 7.35. The zero-order valence-corrected chi connectivity index (χ0v) is 13.8. The number of halogens is 4. The first kappa shape index (κ1) is 19.3. The highest BCUT2D eigenvalue weighted by Gasteiger charge is 2.31. The maximum Gasteiger partial charge on any atom is 0.573 e. The average molecular weight is 389 g/mol. The van der Waals surface area contributed by atoms with Gasteiger partial charge in [0.2, 0.25) is 0 Å². The summed E-state index contributed by atoms with van der Waals surface area (Å²) in [5, 5.41) is 7.34. The number of aromatic nitrogens is 2. The summed E-state index contributed by atoms with van der Waals surface area (Å²) >= 11 is 5.81. The van der Waals surface area contributed by atoms with Crippen molar-refractivity contribution >= 4 is 23.3 Å². The van der Waals surface area contributed by atoms with Crippen molar-refractivity contribution in [1.82, 2.24) is 15.6 Å². The molecule has 0 aliphatic heterocycles. The third-order valence-electron chi connectivity index (χ3n) is 2.71. The Kier molecular flexibility index (Phi) is 6.23. The van der Waals surface area contributed by atoms with Crippen LogP contribution in [0.3, 0.4) is 0 Å². The van der Waals surface area contributed by atoms with Crippen molar-refractivity contribution in [3.8, 4) is 11.5 Å². The van der Waals surface area contributed by atoms with E-state index in [2.05, 4.69) is 32.4 Å². The van der Waals surface area contributed by atoms with Crippen LogP contribution in [0.5, 0.6) is 11.5 Å². The SMILES string of the molecule is C=CCOc1cc(NNC(=O)c2cccc(OC(F)(F)F)c2)nnc1Cl. The second-order valence-corrected chi connectivity index (χ2v) is 5.00. The number of alkyl halides is 3. The summed E-state index contributed by atoms with van der Waals surface area (Å²) in [7, 11) is 0. The van der Waals surface area contributed by atoms with E-state index in [9.17, 15) is 18.0 Å². The van der Waals surface area contributed by atoms with Crippen LogP contribution in [0.4, 0.5) is 19.0 Å². The first-order chi connectivity index (χ1) is 12.3. The number of ether oxygens (including phenoxy) is 2. The van der Waals surface area contributed by atoms with Crippen molar-refractivity contribution < 1.29 is 27.4 Å².